The largest absolute Gasteiger partial charge is 0.483 e. The van der Waals surface area contributed by atoms with Gasteiger partial charge in [0.05, 0.1) is 10.7 Å². The van der Waals surface area contributed by atoms with Gasteiger partial charge < -0.3 is 10.5 Å². The molecular formula is C10H5Cl2F8NO2. The summed E-state index contributed by atoms with van der Waals surface area (Å²) in [4.78, 5) is 0. The summed E-state index contributed by atoms with van der Waals surface area (Å²) in [5, 5.41) is -1.21. The molecule has 0 aliphatic heterocycles. The number of alkyl halides is 8. The fraction of sp³-hybridized carbons (Fsp3) is 0.400. The Morgan fingerprint density at radius 1 is 0.957 bits per heavy atom. The molecule has 0 saturated carbocycles. The Labute approximate surface area is 132 Å². The van der Waals surface area contributed by atoms with E-state index in [-0.39, 0.29) is 5.69 Å². The molecule has 0 heterocycles. The number of hydrogen-bond acceptors (Lipinski definition) is 3. The second-order valence-corrected chi connectivity index (χ2v) is 4.65. The van der Waals surface area contributed by atoms with Gasteiger partial charge in [0.2, 0.25) is 0 Å². The van der Waals surface area contributed by atoms with Gasteiger partial charge in [-0.15, -0.1) is 0 Å². The van der Waals surface area contributed by atoms with E-state index in [1.807, 2.05) is 0 Å². The second kappa shape index (κ2) is 6.36. The van der Waals surface area contributed by atoms with E-state index in [9.17, 15) is 35.1 Å². The Kier molecular flexibility index (Phi) is 5.49. The summed E-state index contributed by atoms with van der Waals surface area (Å²) in [6.45, 7) is 0. The van der Waals surface area contributed by atoms with Crippen molar-refractivity contribution in [3.8, 4) is 5.75 Å². The van der Waals surface area contributed by atoms with Crippen molar-refractivity contribution in [3.05, 3.63) is 22.2 Å². The van der Waals surface area contributed by atoms with Gasteiger partial charge >= 0.3 is 24.8 Å². The molecule has 1 atom stereocenters. The van der Waals surface area contributed by atoms with E-state index in [0.717, 1.165) is 6.07 Å². The van der Waals surface area contributed by atoms with Crippen LogP contribution in [0.4, 0.5) is 40.8 Å². The lowest BCUT2D eigenvalue weighted by molar-refractivity contribution is -0.442. The molecule has 23 heavy (non-hydrogen) atoms. The molecule has 132 valence electrons. The highest BCUT2D eigenvalue weighted by Gasteiger charge is 2.64. The van der Waals surface area contributed by atoms with Crippen LogP contribution in [-0.4, -0.2) is 24.8 Å². The number of halogens is 10. The molecule has 2 N–H and O–H groups in total. The minimum absolute atomic E-state index is 0.177. The van der Waals surface area contributed by atoms with Crippen molar-refractivity contribution in [3.63, 3.8) is 0 Å². The first-order valence-corrected chi connectivity index (χ1v) is 6.01. The van der Waals surface area contributed by atoms with Crippen molar-refractivity contribution in [1.29, 1.82) is 0 Å². The van der Waals surface area contributed by atoms with E-state index in [2.05, 4.69) is 9.47 Å². The van der Waals surface area contributed by atoms with Gasteiger partial charge in [0.15, 0.2) is 0 Å². The first-order valence-electron chi connectivity index (χ1n) is 5.26. The van der Waals surface area contributed by atoms with E-state index in [1.54, 1.807) is 0 Å². The fourth-order valence-electron chi connectivity index (χ4n) is 1.08. The third-order valence-corrected chi connectivity index (χ3v) is 3.05. The van der Waals surface area contributed by atoms with Crippen LogP contribution in [0.25, 0.3) is 0 Å². The van der Waals surface area contributed by atoms with E-state index < -0.39 is 40.5 Å². The average molecular weight is 394 g/mol. The van der Waals surface area contributed by atoms with Crippen LogP contribution in [0.1, 0.15) is 0 Å². The summed E-state index contributed by atoms with van der Waals surface area (Å²) in [5.41, 5.74) is 5.08. The Balaban J connectivity index is 2.97. The number of ether oxygens (including phenoxy) is 2. The lowest BCUT2D eigenvalue weighted by Gasteiger charge is -2.26. The van der Waals surface area contributed by atoms with Crippen LogP contribution in [0.2, 0.25) is 10.0 Å². The molecule has 3 nitrogen and oxygen atoms in total. The first kappa shape index (κ1) is 19.8. The van der Waals surface area contributed by atoms with Crippen LogP contribution in [0.15, 0.2) is 12.1 Å². The number of nitrogens with two attached hydrogens (primary N) is 1. The van der Waals surface area contributed by atoms with Crippen LogP contribution < -0.4 is 10.5 Å². The molecule has 0 bridgehead atoms. The number of nitrogen functional groups attached to an aromatic ring is 1. The van der Waals surface area contributed by atoms with Gasteiger partial charge in [-0.1, -0.05) is 23.2 Å². The molecule has 1 unspecified atom stereocenters. The number of benzene rings is 1. The molecule has 0 amide bonds. The lowest BCUT2D eigenvalue weighted by Crippen LogP contribution is -2.48. The monoisotopic (exact) mass is 393 g/mol. The van der Waals surface area contributed by atoms with Crippen LogP contribution in [0, 0.1) is 0 Å². The predicted molar refractivity (Wildman–Crippen MR) is 63.4 cm³/mol. The van der Waals surface area contributed by atoms with E-state index >= 15 is 0 Å². The topological polar surface area (TPSA) is 44.5 Å². The molecule has 0 spiro atoms. The summed E-state index contributed by atoms with van der Waals surface area (Å²) < 4.78 is 106. The summed E-state index contributed by atoms with van der Waals surface area (Å²) in [6, 6.07) is 1.57. The molecule has 0 fully saturated rings. The quantitative estimate of drug-likeness (QED) is 0.564. The van der Waals surface area contributed by atoms with Gasteiger partial charge in [-0.05, 0) is 12.1 Å². The van der Waals surface area contributed by atoms with Gasteiger partial charge in [0.1, 0.15) is 10.8 Å². The zero-order valence-corrected chi connectivity index (χ0v) is 11.9. The van der Waals surface area contributed by atoms with Crippen LogP contribution in [-0.2, 0) is 4.74 Å². The summed E-state index contributed by atoms with van der Waals surface area (Å²) in [6.07, 6.45) is -22.3. The number of anilines is 1. The highest BCUT2D eigenvalue weighted by molar-refractivity contribution is 6.44. The van der Waals surface area contributed by atoms with Crippen molar-refractivity contribution in [2.24, 2.45) is 0 Å². The van der Waals surface area contributed by atoms with Crippen LogP contribution in [0.5, 0.6) is 5.75 Å². The zero-order chi connectivity index (χ0) is 18.2. The minimum Gasteiger partial charge on any atom is -0.427 e. The maximum absolute atomic E-state index is 13.3. The number of hydrogen-bond donors (Lipinski definition) is 1. The maximum atomic E-state index is 13.3. The van der Waals surface area contributed by atoms with Gasteiger partial charge in [0.25, 0.3) is 0 Å². The molecule has 0 aliphatic carbocycles. The molecule has 0 aromatic heterocycles. The average Bonchev–Trinajstić information content (AvgIpc) is 2.37. The van der Waals surface area contributed by atoms with Crippen molar-refractivity contribution >= 4 is 28.9 Å². The molecule has 1 aromatic rings. The molecular weight excluding hydrogens is 389 g/mol. The molecule has 1 aromatic carbocycles. The third-order valence-electron chi connectivity index (χ3n) is 2.17. The second-order valence-electron chi connectivity index (χ2n) is 3.89. The highest BCUT2D eigenvalue weighted by atomic mass is 35.5. The van der Waals surface area contributed by atoms with Crippen LogP contribution >= 0.6 is 23.2 Å². The Hall–Kier alpha value is -1.20. The van der Waals surface area contributed by atoms with E-state index in [4.69, 9.17) is 28.9 Å². The third kappa shape index (κ3) is 4.42. The molecule has 13 heteroatoms. The van der Waals surface area contributed by atoms with Gasteiger partial charge in [-0.2, -0.15) is 30.7 Å². The maximum Gasteiger partial charge on any atom is 0.483 e. The smallest absolute Gasteiger partial charge is 0.427 e. The standard InChI is InChI=1S/C10H5Cl2F8NO2/c11-5-3(21)1-2-4(6(5)12)22-8(14,15)7(13)23-10(19,20)9(16,17)18/h1-2,7H,21H2. The van der Waals surface area contributed by atoms with Gasteiger partial charge in [0, 0.05) is 0 Å². The lowest BCUT2D eigenvalue weighted by atomic mass is 10.3. The Morgan fingerprint density at radius 2 is 1.48 bits per heavy atom. The Bertz CT molecular complexity index is 581. The number of rotatable bonds is 5. The fourth-order valence-corrected chi connectivity index (χ4v) is 1.45. The van der Waals surface area contributed by atoms with Crippen LogP contribution in [0.3, 0.4) is 0 Å². The SMILES string of the molecule is Nc1ccc(OC(F)(F)C(F)OC(F)(F)C(F)(F)F)c(Cl)c1Cl. The predicted octanol–water partition coefficient (Wildman–Crippen LogP) is 5.01. The highest BCUT2D eigenvalue weighted by Crippen LogP contribution is 2.42. The molecule has 0 radical (unpaired) electrons. The van der Waals surface area contributed by atoms with E-state index in [1.165, 1.54) is 0 Å². The van der Waals surface area contributed by atoms with E-state index in [0.29, 0.717) is 6.07 Å². The Morgan fingerprint density at radius 3 is 1.96 bits per heavy atom. The van der Waals surface area contributed by atoms with Crippen molar-refractivity contribution in [1.82, 2.24) is 0 Å². The summed E-state index contributed by atoms with van der Waals surface area (Å²) >= 11 is 10.9. The zero-order valence-electron chi connectivity index (χ0n) is 10.4. The van der Waals surface area contributed by atoms with Crippen molar-refractivity contribution < 1.29 is 44.6 Å². The van der Waals surface area contributed by atoms with Crippen molar-refractivity contribution in [2.75, 3.05) is 5.73 Å². The minimum atomic E-state index is -6.41. The van der Waals surface area contributed by atoms with Gasteiger partial charge in [-0.3, -0.25) is 4.74 Å². The molecule has 0 aliphatic rings. The van der Waals surface area contributed by atoms with Crippen molar-refractivity contribution in [2.45, 2.75) is 24.8 Å². The molecule has 1 rings (SSSR count). The van der Waals surface area contributed by atoms with Gasteiger partial charge in [-0.25, -0.2) is 4.39 Å². The first-order chi connectivity index (χ1) is 10.2. The normalized spacial score (nSPS) is 14.7. The summed E-state index contributed by atoms with van der Waals surface area (Å²) in [7, 11) is 0. The summed E-state index contributed by atoms with van der Waals surface area (Å²) in [5.74, 6) is -1.02. The molecule has 0 saturated heterocycles.